The molecule has 5 nitrogen and oxygen atoms in total. The van der Waals surface area contributed by atoms with Gasteiger partial charge in [-0.2, -0.15) is 0 Å². The van der Waals surface area contributed by atoms with Crippen molar-refractivity contribution in [2.24, 2.45) is 17.6 Å². The third kappa shape index (κ3) is 4.34. The zero-order valence-electron chi connectivity index (χ0n) is 10.5. The Kier molecular flexibility index (Phi) is 4.93. The zero-order chi connectivity index (χ0) is 13.0. The fraction of sp³-hybridized carbons (Fsp3) is 0.833. The Morgan fingerprint density at radius 1 is 1.41 bits per heavy atom. The molecule has 3 atom stereocenters. The summed E-state index contributed by atoms with van der Waals surface area (Å²) in [6, 6.07) is -0.513. The molecule has 4 N–H and O–H groups in total. The van der Waals surface area contributed by atoms with Crippen LogP contribution in [-0.2, 0) is 9.59 Å². The second kappa shape index (κ2) is 6.00. The van der Waals surface area contributed by atoms with E-state index in [2.05, 4.69) is 5.32 Å². The maximum atomic E-state index is 11.7. The lowest BCUT2D eigenvalue weighted by molar-refractivity contribution is -0.141. The number of hydrogen-bond donors (Lipinski definition) is 3. The Balaban J connectivity index is 2.35. The van der Waals surface area contributed by atoms with E-state index in [1.165, 1.54) is 0 Å². The van der Waals surface area contributed by atoms with Crippen molar-refractivity contribution in [1.82, 2.24) is 5.32 Å². The van der Waals surface area contributed by atoms with E-state index in [0.29, 0.717) is 25.2 Å². The van der Waals surface area contributed by atoms with Crippen molar-refractivity contribution in [2.45, 2.75) is 51.6 Å². The minimum Gasteiger partial charge on any atom is -0.481 e. The van der Waals surface area contributed by atoms with Crippen LogP contribution in [0.4, 0.5) is 0 Å². The second-order valence-electron chi connectivity index (χ2n) is 5.29. The number of nitrogens with one attached hydrogen (secondary N) is 1. The van der Waals surface area contributed by atoms with Gasteiger partial charge in [-0.25, -0.2) is 0 Å². The van der Waals surface area contributed by atoms with E-state index in [9.17, 15) is 9.59 Å². The first-order chi connectivity index (χ1) is 7.90. The largest absolute Gasteiger partial charge is 0.481 e. The Bertz CT molecular complexity index is 291. The van der Waals surface area contributed by atoms with E-state index < -0.39 is 12.0 Å². The summed E-state index contributed by atoms with van der Waals surface area (Å²) in [5.74, 6) is -0.865. The summed E-state index contributed by atoms with van der Waals surface area (Å²) in [5, 5.41) is 11.7. The van der Waals surface area contributed by atoms with Crippen LogP contribution in [0.25, 0.3) is 0 Å². The van der Waals surface area contributed by atoms with Crippen LogP contribution in [0.5, 0.6) is 0 Å². The second-order valence-corrected chi connectivity index (χ2v) is 5.29. The highest BCUT2D eigenvalue weighted by molar-refractivity contribution is 5.82. The maximum Gasteiger partial charge on any atom is 0.306 e. The van der Waals surface area contributed by atoms with E-state index in [4.69, 9.17) is 10.8 Å². The predicted octanol–water partition coefficient (Wildman–Crippen LogP) is 0.729. The average Bonchev–Trinajstić information content (AvgIpc) is 2.65. The Morgan fingerprint density at radius 2 is 2.06 bits per heavy atom. The molecule has 0 aliphatic heterocycles. The number of nitrogens with two attached hydrogens (primary N) is 1. The molecule has 17 heavy (non-hydrogen) atoms. The van der Waals surface area contributed by atoms with E-state index >= 15 is 0 Å². The quantitative estimate of drug-likeness (QED) is 0.662. The summed E-state index contributed by atoms with van der Waals surface area (Å²) in [6.45, 7) is 4.03. The van der Waals surface area contributed by atoms with Gasteiger partial charge in [-0.1, -0.05) is 13.8 Å². The van der Waals surface area contributed by atoms with Gasteiger partial charge in [-0.3, -0.25) is 9.59 Å². The number of carboxylic acid groups (broad SMARTS) is 1. The van der Waals surface area contributed by atoms with Crippen LogP contribution >= 0.6 is 0 Å². The Labute approximate surface area is 102 Å². The van der Waals surface area contributed by atoms with E-state index in [0.717, 1.165) is 6.42 Å². The van der Waals surface area contributed by atoms with E-state index in [1.54, 1.807) is 0 Å². The van der Waals surface area contributed by atoms with Gasteiger partial charge >= 0.3 is 5.97 Å². The summed E-state index contributed by atoms with van der Waals surface area (Å²) >= 11 is 0. The van der Waals surface area contributed by atoms with Gasteiger partial charge in [0.25, 0.3) is 0 Å². The molecule has 1 rings (SSSR count). The molecule has 1 saturated carbocycles. The third-order valence-electron chi connectivity index (χ3n) is 3.19. The first-order valence-corrected chi connectivity index (χ1v) is 6.19. The number of carbonyl (C=O) groups excluding carboxylic acids is 1. The van der Waals surface area contributed by atoms with Crippen molar-refractivity contribution < 1.29 is 14.7 Å². The number of carboxylic acids is 1. The lowest BCUT2D eigenvalue weighted by Gasteiger charge is -2.18. The van der Waals surface area contributed by atoms with Gasteiger partial charge in [0.1, 0.15) is 0 Å². The highest BCUT2D eigenvalue weighted by atomic mass is 16.4. The maximum absolute atomic E-state index is 11.7. The van der Waals surface area contributed by atoms with Gasteiger partial charge in [0.05, 0.1) is 12.0 Å². The van der Waals surface area contributed by atoms with Crippen molar-refractivity contribution in [2.75, 3.05) is 0 Å². The standard InChI is InChI=1S/C12H22N2O3/c1-7(2)5-10(13)11(15)14-9-4-3-8(6-9)12(16)17/h7-10H,3-6,13H2,1-2H3,(H,14,15)(H,16,17)/t8-,9+,10?/m1/s1. The molecule has 0 spiro atoms. The number of amides is 1. The van der Waals surface area contributed by atoms with Crippen LogP contribution in [0.2, 0.25) is 0 Å². The molecule has 0 heterocycles. The SMILES string of the molecule is CC(C)CC(N)C(=O)N[C@H]1CC[C@@H](C(=O)O)C1. The number of rotatable bonds is 5. The molecule has 0 bridgehead atoms. The van der Waals surface area contributed by atoms with Crippen LogP contribution < -0.4 is 11.1 Å². The Hall–Kier alpha value is -1.10. The molecule has 1 fully saturated rings. The van der Waals surface area contributed by atoms with E-state index in [1.807, 2.05) is 13.8 Å². The van der Waals surface area contributed by atoms with Crippen molar-refractivity contribution in [1.29, 1.82) is 0 Å². The molecular formula is C12H22N2O3. The molecule has 0 aromatic rings. The fourth-order valence-electron chi connectivity index (χ4n) is 2.26. The van der Waals surface area contributed by atoms with Crippen LogP contribution in [0.3, 0.4) is 0 Å². The van der Waals surface area contributed by atoms with Gasteiger partial charge in [-0.05, 0) is 31.6 Å². The summed E-state index contributed by atoms with van der Waals surface area (Å²) in [4.78, 5) is 22.5. The van der Waals surface area contributed by atoms with Gasteiger partial charge in [0, 0.05) is 6.04 Å². The number of carbonyl (C=O) groups is 2. The third-order valence-corrected chi connectivity index (χ3v) is 3.19. The molecule has 0 aromatic carbocycles. The van der Waals surface area contributed by atoms with Gasteiger partial charge < -0.3 is 16.2 Å². The van der Waals surface area contributed by atoms with Crippen LogP contribution in [-0.4, -0.2) is 29.1 Å². The molecule has 1 unspecified atom stereocenters. The summed E-state index contributed by atoms with van der Waals surface area (Å²) in [6.07, 6.45) is 2.55. The summed E-state index contributed by atoms with van der Waals surface area (Å²) < 4.78 is 0. The highest BCUT2D eigenvalue weighted by Crippen LogP contribution is 2.25. The smallest absolute Gasteiger partial charge is 0.306 e. The average molecular weight is 242 g/mol. The summed E-state index contributed by atoms with van der Waals surface area (Å²) in [5.41, 5.74) is 5.76. The minimum absolute atomic E-state index is 0.0261. The lowest BCUT2D eigenvalue weighted by Crippen LogP contribution is -2.45. The Morgan fingerprint density at radius 3 is 2.53 bits per heavy atom. The van der Waals surface area contributed by atoms with Crippen LogP contribution in [0, 0.1) is 11.8 Å². The highest BCUT2D eigenvalue weighted by Gasteiger charge is 2.31. The van der Waals surface area contributed by atoms with E-state index in [-0.39, 0.29) is 17.9 Å². The molecule has 1 aliphatic carbocycles. The molecule has 5 heteroatoms. The molecule has 0 radical (unpaired) electrons. The van der Waals surface area contributed by atoms with Crippen molar-refractivity contribution in [3.05, 3.63) is 0 Å². The predicted molar refractivity (Wildman–Crippen MR) is 64.3 cm³/mol. The van der Waals surface area contributed by atoms with Crippen molar-refractivity contribution in [3.63, 3.8) is 0 Å². The monoisotopic (exact) mass is 242 g/mol. The number of hydrogen-bond acceptors (Lipinski definition) is 3. The van der Waals surface area contributed by atoms with Crippen LogP contribution in [0.1, 0.15) is 39.5 Å². The molecule has 1 aliphatic rings. The first kappa shape index (κ1) is 14.0. The molecular weight excluding hydrogens is 220 g/mol. The normalized spacial score (nSPS) is 25.9. The number of aliphatic carboxylic acids is 1. The van der Waals surface area contributed by atoms with Crippen molar-refractivity contribution in [3.8, 4) is 0 Å². The zero-order valence-corrected chi connectivity index (χ0v) is 10.5. The van der Waals surface area contributed by atoms with Crippen LogP contribution in [0.15, 0.2) is 0 Å². The molecule has 98 valence electrons. The molecule has 0 saturated heterocycles. The van der Waals surface area contributed by atoms with Crippen molar-refractivity contribution >= 4 is 11.9 Å². The first-order valence-electron chi connectivity index (χ1n) is 6.19. The minimum atomic E-state index is -0.770. The lowest BCUT2D eigenvalue weighted by atomic mass is 10.0. The van der Waals surface area contributed by atoms with Gasteiger partial charge in [-0.15, -0.1) is 0 Å². The summed E-state index contributed by atoms with van der Waals surface area (Å²) in [7, 11) is 0. The van der Waals surface area contributed by atoms with Gasteiger partial charge in [0.2, 0.25) is 5.91 Å². The fourth-order valence-corrected chi connectivity index (χ4v) is 2.26. The molecule has 1 amide bonds. The van der Waals surface area contributed by atoms with Gasteiger partial charge in [0.15, 0.2) is 0 Å². The molecule has 0 aromatic heterocycles. The topological polar surface area (TPSA) is 92.4 Å².